The van der Waals surface area contributed by atoms with E-state index >= 15 is 0 Å². The maximum absolute atomic E-state index is 4.41. The van der Waals surface area contributed by atoms with Crippen molar-refractivity contribution in [1.82, 2.24) is 15.5 Å². The van der Waals surface area contributed by atoms with Crippen molar-refractivity contribution in [2.24, 2.45) is 5.92 Å². The van der Waals surface area contributed by atoms with Crippen LogP contribution in [-0.2, 0) is 0 Å². The van der Waals surface area contributed by atoms with Gasteiger partial charge in [0.15, 0.2) is 0 Å². The first-order valence-electron chi connectivity index (χ1n) is 6.52. The van der Waals surface area contributed by atoms with Gasteiger partial charge in [-0.05, 0) is 19.9 Å². The van der Waals surface area contributed by atoms with Crippen molar-refractivity contribution in [3.63, 3.8) is 0 Å². The first-order chi connectivity index (χ1) is 8.65. The van der Waals surface area contributed by atoms with Crippen molar-refractivity contribution in [2.45, 2.75) is 32.7 Å². The number of fused-ring (bicyclic) bond motifs is 1. The monoisotopic (exact) mass is 243 g/mol. The van der Waals surface area contributed by atoms with Crippen LogP contribution in [0.2, 0.25) is 0 Å². The van der Waals surface area contributed by atoms with Crippen molar-refractivity contribution in [2.75, 3.05) is 7.05 Å². The van der Waals surface area contributed by atoms with E-state index in [-0.39, 0.29) is 0 Å². The molecule has 0 aliphatic rings. The van der Waals surface area contributed by atoms with Gasteiger partial charge in [0.25, 0.3) is 0 Å². The summed E-state index contributed by atoms with van der Waals surface area (Å²) in [5.41, 5.74) is 1.10. The second-order valence-corrected chi connectivity index (χ2v) is 5.16. The molecule has 2 aromatic rings. The van der Waals surface area contributed by atoms with Gasteiger partial charge in [0.2, 0.25) is 0 Å². The summed E-state index contributed by atoms with van der Waals surface area (Å²) in [6.07, 6.45) is 1.83. The summed E-state index contributed by atoms with van der Waals surface area (Å²) in [4.78, 5) is 0. The first-order valence-corrected chi connectivity index (χ1v) is 6.52. The van der Waals surface area contributed by atoms with Crippen LogP contribution in [0.1, 0.15) is 32.4 Å². The highest BCUT2D eigenvalue weighted by atomic mass is 15.1. The van der Waals surface area contributed by atoms with E-state index in [1.807, 2.05) is 19.3 Å². The van der Waals surface area contributed by atoms with Crippen LogP contribution < -0.4 is 5.32 Å². The third-order valence-electron chi connectivity index (χ3n) is 3.63. The molecule has 0 aliphatic carbocycles. The highest BCUT2D eigenvalue weighted by Gasteiger charge is 2.25. The maximum Gasteiger partial charge on any atom is 0.0758 e. The Morgan fingerprint density at radius 3 is 2.50 bits per heavy atom. The zero-order chi connectivity index (χ0) is 13.1. The Labute approximate surface area is 109 Å². The number of benzene rings is 1. The molecular formula is C15H21N3. The molecule has 1 N–H and O–H groups in total. The molecule has 0 spiro atoms. The van der Waals surface area contributed by atoms with Crippen molar-refractivity contribution >= 4 is 10.8 Å². The average Bonchev–Trinajstić information content (AvgIpc) is 2.38. The van der Waals surface area contributed by atoms with Crippen LogP contribution in [-0.4, -0.2) is 23.3 Å². The number of likely N-dealkylation sites (N-methyl/N-ethyl adjacent to an activating group) is 1. The molecule has 0 amide bonds. The van der Waals surface area contributed by atoms with Gasteiger partial charge in [-0.1, -0.05) is 38.1 Å². The lowest BCUT2D eigenvalue weighted by Crippen LogP contribution is -2.32. The van der Waals surface area contributed by atoms with E-state index in [1.165, 1.54) is 5.39 Å². The van der Waals surface area contributed by atoms with Crippen LogP contribution in [0, 0.1) is 5.92 Å². The van der Waals surface area contributed by atoms with Gasteiger partial charge in [-0.25, -0.2) is 0 Å². The fraction of sp³-hybridized carbons (Fsp3) is 0.467. The molecule has 0 saturated heterocycles. The molecule has 3 nitrogen and oxygen atoms in total. The van der Waals surface area contributed by atoms with Crippen molar-refractivity contribution in [1.29, 1.82) is 0 Å². The van der Waals surface area contributed by atoms with Crippen LogP contribution in [0.5, 0.6) is 0 Å². The van der Waals surface area contributed by atoms with Crippen LogP contribution in [0.4, 0.5) is 0 Å². The van der Waals surface area contributed by atoms with E-state index < -0.39 is 0 Å². The van der Waals surface area contributed by atoms with Crippen molar-refractivity contribution < 1.29 is 0 Å². The molecule has 2 unspecified atom stereocenters. The van der Waals surface area contributed by atoms with Crippen molar-refractivity contribution in [3.8, 4) is 0 Å². The number of hydrogen-bond donors (Lipinski definition) is 1. The van der Waals surface area contributed by atoms with E-state index in [0.717, 1.165) is 11.1 Å². The highest BCUT2D eigenvalue weighted by Crippen LogP contribution is 2.30. The summed E-state index contributed by atoms with van der Waals surface area (Å²) in [7, 11) is 2.00. The molecule has 96 valence electrons. The van der Waals surface area contributed by atoms with Gasteiger partial charge in [-0.15, -0.1) is 0 Å². The Morgan fingerprint density at radius 1 is 1.11 bits per heavy atom. The van der Waals surface area contributed by atoms with E-state index in [2.05, 4.69) is 54.5 Å². The lowest BCUT2D eigenvalue weighted by molar-refractivity contribution is 0.388. The molecular weight excluding hydrogens is 222 g/mol. The maximum atomic E-state index is 4.41. The number of aromatic nitrogens is 2. The fourth-order valence-corrected chi connectivity index (χ4v) is 2.61. The number of hydrogen-bond acceptors (Lipinski definition) is 3. The highest BCUT2D eigenvalue weighted by molar-refractivity contribution is 5.84. The molecule has 1 aromatic heterocycles. The molecule has 1 aromatic carbocycles. The molecule has 3 heteroatoms. The third kappa shape index (κ3) is 2.36. The zero-order valence-corrected chi connectivity index (χ0v) is 11.5. The third-order valence-corrected chi connectivity index (χ3v) is 3.63. The normalized spacial score (nSPS) is 14.9. The van der Waals surface area contributed by atoms with E-state index in [1.54, 1.807) is 0 Å². The van der Waals surface area contributed by atoms with Crippen LogP contribution in [0.15, 0.2) is 30.5 Å². The fourth-order valence-electron chi connectivity index (χ4n) is 2.61. The lowest BCUT2D eigenvalue weighted by Gasteiger charge is -2.27. The van der Waals surface area contributed by atoms with Crippen LogP contribution in [0.25, 0.3) is 10.8 Å². The predicted octanol–water partition coefficient (Wildman–Crippen LogP) is 2.98. The largest absolute Gasteiger partial charge is 0.317 e. The SMILES string of the molecule is CNC(C)C(c1nncc2ccccc12)C(C)C. The number of nitrogens with zero attached hydrogens (tertiary/aromatic N) is 2. The van der Waals surface area contributed by atoms with E-state index in [9.17, 15) is 0 Å². The molecule has 2 rings (SSSR count). The van der Waals surface area contributed by atoms with E-state index in [4.69, 9.17) is 0 Å². The van der Waals surface area contributed by atoms with E-state index in [0.29, 0.717) is 17.9 Å². The van der Waals surface area contributed by atoms with Crippen molar-refractivity contribution in [3.05, 3.63) is 36.2 Å². The van der Waals surface area contributed by atoms with Gasteiger partial charge in [0.05, 0.1) is 11.9 Å². The number of nitrogens with one attached hydrogen (secondary N) is 1. The smallest absolute Gasteiger partial charge is 0.0758 e. The Hall–Kier alpha value is -1.48. The summed E-state index contributed by atoms with van der Waals surface area (Å²) in [6.45, 7) is 6.68. The molecule has 1 heterocycles. The average molecular weight is 243 g/mol. The molecule has 18 heavy (non-hydrogen) atoms. The minimum Gasteiger partial charge on any atom is -0.317 e. The summed E-state index contributed by atoms with van der Waals surface area (Å²) in [6, 6.07) is 8.71. The Morgan fingerprint density at radius 2 is 1.83 bits per heavy atom. The molecule has 0 saturated carbocycles. The standard InChI is InChI=1S/C15H21N3/c1-10(2)14(11(3)16-4)15-13-8-6-5-7-12(13)9-17-18-15/h5-11,14,16H,1-4H3. The van der Waals surface area contributed by atoms with Gasteiger partial charge < -0.3 is 5.32 Å². The second kappa shape index (κ2) is 5.44. The molecule has 0 fully saturated rings. The van der Waals surface area contributed by atoms with Gasteiger partial charge in [0.1, 0.15) is 0 Å². The van der Waals surface area contributed by atoms with Gasteiger partial charge >= 0.3 is 0 Å². The lowest BCUT2D eigenvalue weighted by atomic mass is 9.84. The summed E-state index contributed by atoms with van der Waals surface area (Å²) < 4.78 is 0. The van der Waals surface area contributed by atoms with Crippen LogP contribution in [0.3, 0.4) is 0 Å². The Balaban J connectivity index is 2.57. The minimum atomic E-state index is 0.369. The minimum absolute atomic E-state index is 0.369. The Kier molecular flexibility index (Phi) is 3.92. The molecule has 0 aliphatic heterocycles. The topological polar surface area (TPSA) is 37.8 Å². The molecule has 0 radical (unpaired) electrons. The first kappa shape index (κ1) is 13.0. The van der Waals surface area contributed by atoms with Gasteiger partial charge in [-0.2, -0.15) is 10.2 Å². The summed E-state index contributed by atoms with van der Waals surface area (Å²) in [5, 5.41) is 14.3. The Bertz CT molecular complexity index is 517. The summed E-state index contributed by atoms with van der Waals surface area (Å²) in [5.74, 6) is 0.890. The summed E-state index contributed by atoms with van der Waals surface area (Å²) >= 11 is 0. The van der Waals surface area contributed by atoms with Gasteiger partial charge in [-0.3, -0.25) is 0 Å². The zero-order valence-electron chi connectivity index (χ0n) is 11.5. The molecule has 2 atom stereocenters. The number of rotatable bonds is 4. The predicted molar refractivity (Wildman–Crippen MR) is 75.6 cm³/mol. The second-order valence-electron chi connectivity index (χ2n) is 5.16. The quantitative estimate of drug-likeness (QED) is 0.897. The molecule has 0 bridgehead atoms. The van der Waals surface area contributed by atoms with Crippen LogP contribution >= 0.6 is 0 Å². The van der Waals surface area contributed by atoms with Gasteiger partial charge in [0, 0.05) is 22.7 Å².